The molecule has 2 unspecified atom stereocenters. The fourth-order valence-corrected chi connectivity index (χ4v) is 11.9. The lowest BCUT2D eigenvalue weighted by atomic mass is 10.0. The minimum Gasteiger partial charge on any atom is -0.462 e. The molecule has 98 heavy (non-hydrogen) atoms. The van der Waals surface area contributed by atoms with Crippen LogP contribution in [0.4, 0.5) is 0 Å². The number of carbonyl (C=O) groups is 4. The number of phosphoric ester groups is 2. The molecule has 0 aliphatic carbocycles. The highest BCUT2D eigenvalue weighted by molar-refractivity contribution is 7.47. The van der Waals surface area contributed by atoms with Gasteiger partial charge in [-0.2, -0.15) is 0 Å². The molecule has 0 spiro atoms. The van der Waals surface area contributed by atoms with E-state index in [0.717, 1.165) is 122 Å². The van der Waals surface area contributed by atoms with E-state index < -0.39 is 97.5 Å². The molecule has 0 aromatic heterocycles. The first-order valence-corrected chi connectivity index (χ1v) is 41.8. The van der Waals surface area contributed by atoms with Gasteiger partial charge in [0.2, 0.25) is 0 Å². The van der Waals surface area contributed by atoms with Gasteiger partial charge in [-0.05, 0) is 116 Å². The predicted octanol–water partition coefficient (Wildman–Crippen LogP) is 22.2. The molecule has 0 radical (unpaired) electrons. The third-order valence-electron chi connectivity index (χ3n) is 16.3. The Balaban J connectivity index is 5.38. The van der Waals surface area contributed by atoms with Crippen molar-refractivity contribution in [2.45, 2.75) is 354 Å². The minimum atomic E-state index is -4.99. The third-order valence-corrected chi connectivity index (χ3v) is 18.2. The van der Waals surface area contributed by atoms with Gasteiger partial charge in [-0.3, -0.25) is 37.3 Å². The summed E-state index contributed by atoms with van der Waals surface area (Å²) < 4.78 is 68.4. The summed E-state index contributed by atoms with van der Waals surface area (Å²) >= 11 is 0. The molecule has 0 aliphatic heterocycles. The van der Waals surface area contributed by atoms with E-state index >= 15 is 0 Å². The van der Waals surface area contributed by atoms with Crippen molar-refractivity contribution >= 4 is 39.5 Å². The number of ether oxygens (including phenoxy) is 4. The van der Waals surface area contributed by atoms with Gasteiger partial charge >= 0.3 is 39.5 Å². The largest absolute Gasteiger partial charge is 0.472 e. The summed E-state index contributed by atoms with van der Waals surface area (Å²) in [6.45, 7) is 4.74. The SMILES string of the molecule is CCCCC/C=C\C/C=C\C/C=C\C/C=C\C/C=C\CCC(=O)OC[C@H](COP(=O)(O)OC[C@@H](O)COP(=O)(O)OC[C@@H](COC(=O)CCCCCCCCCCCCCCC)OC(=O)CCCCCCC/C=C\CCCCCC)OC(=O)CCCCCCC/C=C\CCCCCC. The molecule has 19 heteroatoms. The monoisotopic (exact) mass is 1420 g/mol. The maximum absolute atomic E-state index is 13.1. The molecule has 0 amide bonds. The molecule has 0 fully saturated rings. The van der Waals surface area contributed by atoms with E-state index in [2.05, 4.69) is 101 Å². The van der Waals surface area contributed by atoms with E-state index in [1.165, 1.54) is 128 Å². The normalized spacial score (nSPS) is 14.4. The lowest BCUT2D eigenvalue weighted by molar-refractivity contribution is -0.161. The molecule has 0 bridgehead atoms. The fourth-order valence-electron chi connectivity index (χ4n) is 10.4. The fraction of sp³-hybridized carbons (Fsp3) is 0.772. The minimum absolute atomic E-state index is 0.0377. The highest BCUT2D eigenvalue weighted by Gasteiger charge is 2.30. The number of hydrogen-bond donors (Lipinski definition) is 3. The van der Waals surface area contributed by atoms with Crippen LogP contribution in [0.5, 0.6) is 0 Å². The van der Waals surface area contributed by atoms with Crippen molar-refractivity contribution in [3.63, 3.8) is 0 Å². The Labute approximate surface area is 595 Å². The van der Waals surface area contributed by atoms with Crippen LogP contribution >= 0.6 is 15.6 Å². The molecule has 0 aromatic rings. The number of aliphatic hydroxyl groups is 1. The van der Waals surface area contributed by atoms with Crippen LogP contribution in [0.25, 0.3) is 0 Å². The second kappa shape index (κ2) is 71.6. The van der Waals surface area contributed by atoms with Gasteiger partial charge < -0.3 is 33.8 Å². The first kappa shape index (κ1) is 94.2. The molecular formula is C79H140O17P2. The Morgan fingerprint density at radius 1 is 0.286 bits per heavy atom. The molecular weight excluding hydrogens is 1280 g/mol. The van der Waals surface area contributed by atoms with Crippen LogP contribution in [0.2, 0.25) is 0 Å². The number of esters is 4. The Hall–Kier alpha value is -3.76. The summed E-state index contributed by atoms with van der Waals surface area (Å²) in [6, 6.07) is 0. The van der Waals surface area contributed by atoms with Gasteiger partial charge in [0.05, 0.1) is 26.4 Å². The zero-order chi connectivity index (χ0) is 71.8. The quantitative estimate of drug-likeness (QED) is 0.0169. The van der Waals surface area contributed by atoms with Crippen LogP contribution in [0.15, 0.2) is 85.1 Å². The smallest absolute Gasteiger partial charge is 0.462 e. The van der Waals surface area contributed by atoms with Crippen LogP contribution in [0.1, 0.15) is 336 Å². The van der Waals surface area contributed by atoms with Gasteiger partial charge in [0.25, 0.3) is 0 Å². The van der Waals surface area contributed by atoms with E-state index in [9.17, 15) is 43.2 Å². The highest BCUT2D eigenvalue weighted by atomic mass is 31.2. The van der Waals surface area contributed by atoms with Crippen LogP contribution in [0.3, 0.4) is 0 Å². The summed E-state index contributed by atoms with van der Waals surface area (Å²) in [6.07, 6.45) is 73.0. The van der Waals surface area contributed by atoms with Crippen LogP contribution in [-0.4, -0.2) is 96.7 Å². The lowest BCUT2D eigenvalue weighted by Crippen LogP contribution is -2.30. The summed E-state index contributed by atoms with van der Waals surface area (Å²) in [5, 5.41) is 10.6. The first-order chi connectivity index (χ1) is 47.7. The molecule has 0 aliphatic rings. The average Bonchev–Trinajstić information content (AvgIpc) is 0.966. The van der Waals surface area contributed by atoms with Gasteiger partial charge in [0.15, 0.2) is 12.2 Å². The Bertz CT molecular complexity index is 2190. The second-order valence-electron chi connectivity index (χ2n) is 25.9. The number of carbonyl (C=O) groups excluding carboxylic acids is 4. The zero-order valence-electron chi connectivity index (χ0n) is 62.0. The standard InChI is InChI=1S/C79H140O17P2/c1-5-9-13-17-21-25-29-33-34-35-36-37-38-42-44-48-52-56-60-64-77(82)90-70-75(96-79(84)66-62-58-54-50-46-41-32-28-24-20-16-12-8-4)72-94-98(87,88)92-68-73(80)67-91-97(85,86)93-71-74(95-78(83)65-61-57-53-49-45-40-31-27-23-19-15-11-7-3)69-89-76(81)63-59-55-51-47-43-39-30-26-22-18-14-10-6-2/h21,25,27-28,31-34,36-37,42,44,52,56,73-75,80H,5-20,22-24,26,29-30,35,38-41,43,45-51,53-55,57-72H2,1-4H3,(H,85,86)(H,87,88)/b25-21-,31-27-,32-28-,34-33-,37-36-,44-42-,56-52-/t73-,74+,75+/m0/s1. The third kappa shape index (κ3) is 70.7. The maximum atomic E-state index is 13.1. The lowest BCUT2D eigenvalue weighted by Gasteiger charge is -2.21. The van der Waals surface area contributed by atoms with Crippen molar-refractivity contribution in [3.8, 4) is 0 Å². The molecule has 0 saturated carbocycles. The molecule has 5 atom stereocenters. The summed E-state index contributed by atoms with van der Waals surface area (Å²) in [5.74, 6) is -2.27. The molecule has 568 valence electrons. The average molecular weight is 1420 g/mol. The van der Waals surface area contributed by atoms with Crippen molar-refractivity contribution in [1.82, 2.24) is 0 Å². The zero-order valence-corrected chi connectivity index (χ0v) is 63.7. The van der Waals surface area contributed by atoms with Crippen molar-refractivity contribution in [1.29, 1.82) is 0 Å². The van der Waals surface area contributed by atoms with E-state index in [1.807, 2.05) is 12.2 Å². The molecule has 0 rings (SSSR count). The van der Waals surface area contributed by atoms with Crippen LogP contribution < -0.4 is 0 Å². The molecule has 0 heterocycles. The van der Waals surface area contributed by atoms with E-state index in [1.54, 1.807) is 0 Å². The van der Waals surface area contributed by atoms with Crippen LogP contribution in [-0.2, 0) is 65.4 Å². The van der Waals surface area contributed by atoms with Gasteiger partial charge in [0, 0.05) is 25.7 Å². The highest BCUT2D eigenvalue weighted by Crippen LogP contribution is 2.45. The Morgan fingerprint density at radius 3 is 0.867 bits per heavy atom. The van der Waals surface area contributed by atoms with Gasteiger partial charge in [-0.15, -0.1) is 0 Å². The number of unbranched alkanes of at least 4 members (excludes halogenated alkanes) is 33. The number of allylic oxidation sites excluding steroid dienone is 14. The van der Waals surface area contributed by atoms with Crippen LogP contribution in [0, 0.1) is 0 Å². The summed E-state index contributed by atoms with van der Waals surface area (Å²) in [7, 11) is -9.96. The molecule has 0 saturated heterocycles. The van der Waals surface area contributed by atoms with E-state index in [-0.39, 0.29) is 25.7 Å². The number of hydrogen-bond acceptors (Lipinski definition) is 15. The number of rotatable bonds is 73. The second-order valence-corrected chi connectivity index (χ2v) is 28.9. The summed E-state index contributed by atoms with van der Waals surface area (Å²) in [4.78, 5) is 72.8. The van der Waals surface area contributed by atoms with Crippen molar-refractivity contribution in [2.24, 2.45) is 0 Å². The maximum Gasteiger partial charge on any atom is 0.472 e. The van der Waals surface area contributed by atoms with E-state index in [0.29, 0.717) is 32.1 Å². The van der Waals surface area contributed by atoms with Gasteiger partial charge in [0.1, 0.15) is 19.3 Å². The van der Waals surface area contributed by atoms with Crippen molar-refractivity contribution in [3.05, 3.63) is 85.1 Å². The molecule has 17 nitrogen and oxygen atoms in total. The Kier molecular flexibility index (Phi) is 68.9. The number of aliphatic hydroxyl groups excluding tert-OH is 1. The molecule has 3 N–H and O–H groups in total. The topological polar surface area (TPSA) is 237 Å². The first-order valence-electron chi connectivity index (χ1n) is 38.8. The Morgan fingerprint density at radius 2 is 0.520 bits per heavy atom. The van der Waals surface area contributed by atoms with Crippen molar-refractivity contribution < 1.29 is 80.2 Å². The van der Waals surface area contributed by atoms with Gasteiger partial charge in [-0.25, -0.2) is 9.13 Å². The number of phosphoric acid groups is 2. The van der Waals surface area contributed by atoms with Crippen molar-refractivity contribution in [2.75, 3.05) is 39.6 Å². The van der Waals surface area contributed by atoms with E-state index in [4.69, 9.17) is 37.0 Å². The summed E-state index contributed by atoms with van der Waals surface area (Å²) in [5.41, 5.74) is 0. The molecule has 0 aromatic carbocycles. The predicted molar refractivity (Wildman–Crippen MR) is 399 cm³/mol. The van der Waals surface area contributed by atoms with Gasteiger partial charge in [-0.1, -0.05) is 280 Å².